The Morgan fingerprint density at radius 2 is 2.18 bits per heavy atom. The lowest BCUT2D eigenvalue weighted by Gasteiger charge is -2.08. The fraction of sp³-hybridized carbons (Fsp3) is 0.364. The Balaban J connectivity index is 3.04. The summed E-state index contributed by atoms with van der Waals surface area (Å²) in [4.78, 5) is 4.02. The van der Waals surface area contributed by atoms with E-state index in [4.69, 9.17) is 9.47 Å². The molecule has 5 nitrogen and oxygen atoms in total. The van der Waals surface area contributed by atoms with Crippen molar-refractivity contribution >= 4 is 15.9 Å². The first-order valence-corrected chi connectivity index (χ1v) is 6.96. The minimum Gasteiger partial charge on any atom is -0.488 e. The van der Waals surface area contributed by atoms with Crippen molar-refractivity contribution in [3.05, 3.63) is 23.2 Å². The van der Waals surface area contributed by atoms with E-state index in [1.807, 2.05) is 6.92 Å². The van der Waals surface area contributed by atoms with Gasteiger partial charge in [0.15, 0.2) is 15.6 Å². The van der Waals surface area contributed by atoms with Crippen LogP contribution in [0.2, 0.25) is 0 Å². The maximum absolute atomic E-state index is 11.0. The lowest BCUT2D eigenvalue weighted by molar-refractivity contribution is 0.304. The molecule has 6 heteroatoms. The number of pyridine rings is 1. The third kappa shape index (κ3) is 4.44. The van der Waals surface area contributed by atoms with Gasteiger partial charge in [0.1, 0.15) is 0 Å². The van der Waals surface area contributed by atoms with E-state index in [2.05, 4.69) is 4.98 Å². The van der Waals surface area contributed by atoms with Crippen molar-refractivity contribution in [2.24, 2.45) is 0 Å². The summed E-state index contributed by atoms with van der Waals surface area (Å²) in [6.07, 6.45) is 4.11. The van der Waals surface area contributed by atoms with Gasteiger partial charge in [0.25, 0.3) is 5.88 Å². The Bertz CT molecular complexity index is 508. The number of hydrogen-bond donors (Lipinski definition) is 0. The van der Waals surface area contributed by atoms with E-state index < -0.39 is 9.84 Å². The summed E-state index contributed by atoms with van der Waals surface area (Å²) in [5.41, 5.74) is 0.639. The molecule has 0 N–H and O–H groups in total. The van der Waals surface area contributed by atoms with Crippen LogP contribution in [0.5, 0.6) is 11.6 Å². The molecule has 0 atom stereocenters. The van der Waals surface area contributed by atoms with Gasteiger partial charge in [-0.25, -0.2) is 13.4 Å². The molecule has 0 aromatic carbocycles. The molecular weight excluding hydrogens is 242 g/mol. The summed E-state index contributed by atoms with van der Waals surface area (Å²) < 4.78 is 32.3. The van der Waals surface area contributed by atoms with Gasteiger partial charge >= 0.3 is 0 Å². The quantitative estimate of drug-likeness (QED) is 0.799. The van der Waals surface area contributed by atoms with E-state index in [0.29, 0.717) is 23.8 Å². The highest BCUT2D eigenvalue weighted by molar-refractivity contribution is 7.93. The van der Waals surface area contributed by atoms with Crippen molar-refractivity contribution in [3.63, 3.8) is 0 Å². The minimum absolute atomic E-state index is 0.378. The van der Waals surface area contributed by atoms with Gasteiger partial charge in [-0.1, -0.05) is 0 Å². The van der Waals surface area contributed by atoms with Crippen molar-refractivity contribution in [1.29, 1.82) is 0 Å². The maximum Gasteiger partial charge on any atom is 0.256 e. The first kappa shape index (κ1) is 13.5. The first-order chi connectivity index (χ1) is 7.96. The van der Waals surface area contributed by atoms with Crippen molar-refractivity contribution in [2.75, 3.05) is 20.0 Å². The van der Waals surface area contributed by atoms with Crippen LogP contribution in [0, 0.1) is 0 Å². The fourth-order valence-corrected chi connectivity index (χ4v) is 1.56. The van der Waals surface area contributed by atoms with Crippen molar-refractivity contribution < 1.29 is 17.9 Å². The van der Waals surface area contributed by atoms with E-state index in [1.54, 1.807) is 6.07 Å². The molecule has 0 bridgehead atoms. The topological polar surface area (TPSA) is 65.5 Å². The molecule has 1 aromatic heterocycles. The van der Waals surface area contributed by atoms with Crippen LogP contribution in [-0.4, -0.2) is 33.4 Å². The Hall–Kier alpha value is -1.56. The molecule has 0 spiro atoms. The van der Waals surface area contributed by atoms with Gasteiger partial charge in [-0.2, -0.15) is 0 Å². The lowest BCUT2D eigenvalue weighted by atomic mass is 10.3. The molecule has 0 aliphatic heterocycles. The molecule has 0 saturated heterocycles. The molecule has 0 radical (unpaired) electrons. The number of hydrogen-bond acceptors (Lipinski definition) is 5. The van der Waals surface area contributed by atoms with Crippen LogP contribution in [0.3, 0.4) is 0 Å². The molecule has 0 aliphatic carbocycles. The largest absolute Gasteiger partial charge is 0.488 e. The zero-order chi connectivity index (χ0) is 12.9. The Kier molecular flexibility index (Phi) is 4.51. The summed E-state index contributed by atoms with van der Waals surface area (Å²) in [5, 5.41) is 1.12. The van der Waals surface area contributed by atoms with Gasteiger partial charge in [-0.15, -0.1) is 0 Å². The number of rotatable bonds is 5. The summed E-state index contributed by atoms with van der Waals surface area (Å²) in [6, 6.07) is 1.68. The van der Waals surface area contributed by atoms with Crippen LogP contribution in [0.25, 0.3) is 6.08 Å². The van der Waals surface area contributed by atoms with Gasteiger partial charge in [0, 0.05) is 17.9 Å². The smallest absolute Gasteiger partial charge is 0.256 e. The molecule has 94 valence electrons. The zero-order valence-corrected chi connectivity index (χ0v) is 10.8. The molecule has 0 fully saturated rings. The van der Waals surface area contributed by atoms with Crippen LogP contribution < -0.4 is 9.47 Å². The molecular formula is C11H15NO4S. The molecule has 17 heavy (non-hydrogen) atoms. The van der Waals surface area contributed by atoms with Crippen molar-refractivity contribution in [3.8, 4) is 11.6 Å². The number of nitrogens with zero attached hydrogens (tertiary/aromatic N) is 1. The summed E-state index contributed by atoms with van der Waals surface area (Å²) in [7, 11) is -1.65. The Morgan fingerprint density at radius 1 is 1.47 bits per heavy atom. The SMILES string of the molecule is CCOc1cc(/C=C/S(C)(=O)=O)cnc1OC. The average Bonchev–Trinajstić information content (AvgIpc) is 2.26. The molecule has 0 unspecified atom stereocenters. The van der Waals surface area contributed by atoms with Crippen LogP contribution >= 0.6 is 0 Å². The Morgan fingerprint density at radius 3 is 2.71 bits per heavy atom. The van der Waals surface area contributed by atoms with Gasteiger partial charge in [-0.05, 0) is 24.6 Å². The monoisotopic (exact) mass is 257 g/mol. The normalized spacial score (nSPS) is 11.7. The predicted molar refractivity (Wildman–Crippen MR) is 65.8 cm³/mol. The van der Waals surface area contributed by atoms with Crippen LogP contribution in [0.4, 0.5) is 0 Å². The highest BCUT2D eigenvalue weighted by Gasteiger charge is 2.05. The van der Waals surface area contributed by atoms with E-state index in [9.17, 15) is 8.42 Å². The van der Waals surface area contributed by atoms with Gasteiger partial charge in [-0.3, -0.25) is 0 Å². The van der Waals surface area contributed by atoms with Crippen LogP contribution in [-0.2, 0) is 9.84 Å². The fourth-order valence-electron chi connectivity index (χ4n) is 1.15. The molecule has 0 saturated carbocycles. The highest BCUT2D eigenvalue weighted by Crippen LogP contribution is 2.25. The van der Waals surface area contributed by atoms with Crippen molar-refractivity contribution in [1.82, 2.24) is 4.98 Å². The van der Waals surface area contributed by atoms with Gasteiger partial charge < -0.3 is 9.47 Å². The van der Waals surface area contributed by atoms with Gasteiger partial charge in [0.2, 0.25) is 0 Å². The van der Waals surface area contributed by atoms with Crippen LogP contribution in [0.1, 0.15) is 12.5 Å². The number of sulfone groups is 1. The molecule has 0 amide bonds. The minimum atomic E-state index is -3.14. The van der Waals surface area contributed by atoms with E-state index in [-0.39, 0.29) is 0 Å². The first-order valence-electron chi connectivity index (χ1n) is 5.01. The van der Waals surface area contributed by atoms with Crippen LogP contribution in [0.15, 0.2) is 17.7 Å². The molecule has 1 rings (SSSR count). The molecule has 1 heterocycles. The van der Waals surface area contributed by atoms with E-state index in [1.165, 1.54) is 19.4 Å². The molecule has 1 aromatic rings. The maximum atomic E-state index is 11.0. The Labute approximate surface area is 101 Å². The highest BCUT2D eigenvalue weighted by atomic mass is 32.2. The predicted octanol–water partition coefficient (Wildman–Crippen LogP) is 1.50. The lowest BCUT2D eigenvalue weighted by Crippen LogP contribution is -1.97. The summed E-state index contributed by atoms with van der Waals surface area (Å²) >= 11 is 0. The number of methoxy groups -OCH3 is 1. The van der Waals surface area contributed by atoms with E-state index >= 15 is 0 Å². The third-order valence-corrected chi connectivity index (χ3v) is 2.47. The summed E-state index contributed by atoms with van der Waals surface area (Å²) in [6.45, 7) is 2.33. The third-order valence-electron chi connectivity index (χ3n) is 1.84. The average molecular weight is 257 g/mol. The van der Waals surface area contributed by atoms with E-state index in [0.717, 1.165) is 11.7 Å². The zero-order valence-electron chi connectivity index (χ0n) is 10.0. The molecule has 0 aliphatic rings. The number of aromatic nitrogens is 1. The van der Waals surface area contributed by atoms with Crippen molar-refractivity contribution in [2.45, 2.75) is 6.92 Å². The second-order valence-corrected chi connectivity index (χ2v) is 5.27. The number of ether oxygens (including phenoxy) is 2. The second kappa shape index (κ2) is 5.67. The second-order valence-electron chi connectivity index (χ2n) is 3.34. The summed E-state index contributed by atoms with van der Waals surface area (Å²) in [5.74, 6) is 0.869. The van der Waals surface area contributed by atoms with Gasteiger partial charge in [0.05, 0.1) is 13.7 Å². The standard InChI is InChI=1S/C11H15NO4S/c1-4-16-10-7-9(5-6-17(3,13)14)8-12-11(10)15-2/h5-8H,4H2,1-3H3/b6-5+.